The van der Waals surface area contributed by atoms with Gasteiger partial charge >= 0.3 is 6.18 Å². The van der Waals surface area contributed by atoms with Gasteiger partial charge in [-0.3, -0.25) is 0 Å². The summed E-state index contributed by atoms with van der Waals surface area (Å²) >= 11 is 1.52. The molecule has 1 aromatic carbocycles. The number of nitrogens with two attached hydrogens (primary N) is 1. The highest BCUT2D eigenvalue weighted by Crippen LogP contribution is 2.33. The fourth-order valence-corrected chi connectivity index (χ4v) is 2.68. The molecule has 0 aliphatic carbocycles. The van der Waals surface area contributed by atoms with E-state index < -0.39 is 17.8 Å². The van der Waals surface area contributed by atoms with Crippen LogP contribution in [0, 0.1) is 6.92 Å². The number of ether oxygens (including phenoxy) is 1. The number of thiophene rings is 1. The molecular weight excluding hydrogens is 287 g/mol. The van der Waals surface area contributed by atoms with Crippen LogP contribution in [0.4, 0.5) is 13.2 Å². The molecule has 0 bridgehead atoms. The van der Waals surface area contributed by atoms with Crippen LogP contribution < -0.4 is 10.5 Å². The third-order valence-electron chi connectivity index (χ3n) is 2.73. The summed E-state index contributed by atoms with van der Waals surface area (Å²) < 4.78 is 43.5. The van der Waals surface area contributed by atoms with Crippen LogP contribution in [0.3, 0.4) is 0 Å². The highest BCUT2D eigenvalue weighted by molar-refractivity contribution is 7.12. The van der Waals surface area contributed by atoms with E-state index in [4.69, 9.17) is 10.5 Å². The fraction of sp³-hybridized carbons (Fsp3) is 0.286. The average Bonchev–Trinajstić information content (AvgIpc) is 2.82. The summed E-state index contributed by atoms with van der Waals surface area (Å²) in [4.78, 5) is 2.01. The lowest BCUT2D eigenvalue weighted by molar-refractivity contribution is -0.137. The summed E-state index contributed by atoms with van der Waals surface area (Å²) in [7, 11) is 0. The normalized spacial score (nSPS) is 13.2. The second-order valence-corrected chi connectivity index (χ2v) is 5.64. The first-order chi connectivity index (χ1) is 9.40. The van der Waals surface area contributed by atoms with Crippen LogP contribution in [0.2, 0.25) is 0 Å². The van der Waals surface area contributed by atoms with E-state index in [1.54, 1.807) is 0 Å². The van der Waals surface area contributed by atoms with E-state index in [0.717, 1.165) is 21.9 Å². The van der Waals surface area contributed by atoms with Crippen LogP contribution in [0.15, 0.2) is 36.4 Å². The fourth-order valence-electron chi connectivity index (χ4n) is 1.76. The number of aryl methyl sites for hydroxylation is 1. The first kappa shape index (κ1) is 14.9. The highest BCUT2D eigenvalue weighted by atomic mass is 32.1. The summed E-state index contributed by atoms with van der Waals surface area (Å²) in [6.45, 7) is 2.15. The molecule has 0 radical (unpaired) electrons. The lowest BCUT2D eigenvalue weighted by Gasteiger charge is -2.17. The van der Waals surface area contributed by atoms with Crippen LogP contribution in [0.5, 0.6) is 5.75 Å². The predicted octanol–water partition coefficient (Wildman–Crippen LogP) is 4.15. The van der Waals surface area contributed by atoms with E-state index in [0.29, 0.717) is 0 Å². The van der Waals surface area contributed by atoms with Crippen molar-refractivity contribution in [3.63, 3.8) is 0 Å². The second kappa shape index (κ2) is 5.85. The van der Waals surface area contributed by atoms with Crippen molar-refractivity contribution in [2.45, 2.75) is 19.2 Å². The Kier molecular flexibility index (Phi) is 4.35. The zero-order valence-electron chi connectivity index (χ0n) is 10.8. The van der Waals surface area contributed by atoms with Gasteiger partial charge in [0, 0.05) is 16.3 Å². The van der Waals surface area contributed by atoms with Crippen molar-refractivity contribution in [3.05, 3.63) is 51.7 Å². The maximum atomic E-state index is 12.6. The third kappa shape index (κ3) is 3.52. The molecule has 1 unspecified atom stereocenters. The largest absolute Gasteiger partial charge is 0.484 e. The quantitative estimate of drug-likeness (QED) is 0.920. The number of hydrogen-bond donors (Lipinski definition) is 1. The van der Waals surface area contributed by atoms with Gasteiger partial charge in [-0.05, 0) is 37.3 Å². The monoisotopic (exact) mass is 301 g/mol. The van der Waals surface area contributed by atoms with Crippen LogP contribution in [0.1, 0.15) is 21.4 Å². The van der Waals surface area contributed by atoms with Gasteiger partial charge in [-0.1, -0.05) is 6.07 Å². The minimum Gasteiger partial charge on any atom is -0.484 e. The third-order valence-corrected chi connectivity index (χ3v) is 3.83. The number of hydrogen-bond acceptors (Lipinski definition) is 3. The van der Waals surface area contributed by atoms with Crippen molar-refractivity contribution in [1.29, 1.82) is 0 Å². The molecule has 1 aromatic heterocycles. The highest BCUT2D eigenvalue weighted by Gasteiger charge is 2.30. The summed E-state index contributed by atoms with van der Waals surface area (Å²) in [5.41, 5.74) is 4.92. The Balaban J connectivity index is 2.20. The summed E-state index contributed by atoms with van der Waals surface area (Å²) in [5.74, 6) is 0.168. The zero-order valence-corrected chi connectivity index (χ0v) is 11.6. The summed E-state index contributed by atoms with van der Waals surface area (Å²) in [6, 6.07) is 8.63. The molecule has 0 saturated heterocycles. The van der Waals surface area contributed by atoms with Crippen molar-refractivity contribution < 1.29 is 17.9 Å². The second-order valence-electron chi connectivity index (χ2n) is 4.32. The Morgan fingerprint density at radius 3 is 2.55 bits per heavy atom. The Bertz CT molecular complexity index is 580. The van der Waals surface area contributed by atoms with E-state index in [2.05, 4.69) is 0 Å². The van der Waals surface area contributed by atoms with Crippen molar-refractivity contribution in [3.8, 4) is 5.75 Å². The van der Waals surface area contributed by atoms with E-state index in [1.165, 1.54) is 23.5 Å². The molecule has 0 saturated carbocycles. The summed E-state index contributed by atoms with van der Waals surface area (Å²) in [5, 5.41) is 0. The van der Waals surface area contributed by atoms with E-state index in [1.807, 2.05) is 19.1 Å². The molecule has 1 atom stereocenters. The molecule has 20 heavy (non-hydrogen) atoms. The number of benzene rings is 1. The Morgan fingerprint density at radius 2 is 2.00 bits per heavy atom. The van der Waals surface area contributed by atoms with Crippen LogP contribution in [-0.4, -0.2) is 6.54 Å². The number of rotatable bonds is 4. The Labute approximate surface area is 119 Å². The topological polar surface area (TPSA) is 35.2 Å². The Morgan fingerprint density at radius 1 is 1.25 bits per heavy atom. The van der Waals surface area contributed by atoms with Crippen LogP contribution >= 0.6 is 11.3 Å². The lowest BCUT2D eigenvalue weighted by atomic mass is 10.2. The lowest BCUT2D eigenvalue weighted by Crippen LogP contribution is -2.17. The standard InChI is InChI=1S/C14H14F3NOS/c1-9-5-6-13(20-9)12(8-18)19-11-4-2-3-10(7-11)14(15,16)17/h2-7,12H,8,18H2,1H3. The predicted molar refractivity (Wildman–Crippen MR) is 72.9 cm³/mol. The van der Waals surface area contributed by atoms with Gasteiger partial charge in [0.2, 0.25) is 0 Å². The van der Waals surface area contributed by atoms with Crippen molar-refractivity contribution >= 4 is 11.3 Å². The van der Waals surface area contributed by atoms with Gasteiger partial charge in [0.1, 0.15) is 11.9 Å². The molecule has 0 fully saturated rings. The van der Waals surface area contributed by atoms with E-state index >= 15 is 0 Å². The smallest absolute Gasteiger partial charge is 0.416 e. The molecule has 108 valence electrons. The van der Waals surface area contributed by atoms with Gasteiger partial charge in [-0.2, -0.15) is 13.2 Å². The molecule has 2 aromatic rings. The number of halogens is 3. The van der Waals surface area contributed by atoms with Gasteiger partial charge in [-0.25, -0.2) is 0 Å². The SMILES string of the molecule is Cc1ccc(C(CN)Oc2cccc(C(F)(F)F)c2)s1. The van der Waals surface area contributed by atoms with Crippen molar-refractivity contribution in [2.75, 3.05) is 6.54 Å². The van der Waals surface area contributed by atoms with Crippen LogP contribution in [-0.2, 0) is 6.18 Å². The van der Waals surface area contributed by atoms with E-state index in [-0.39, 0.29) is 12.3 Å². The van der Waals surface area contributed by atoms with Gasteiger partial charge < -0.3 is 10.5 Å². The van der Waals surface area contributed by atoms with Gasteiger partial charge in [0.05, 0.1) is 5.56 Å². The van der Waals surface area contributed by atoms with E-state index in [9.17, 15) is 13.2 Å². The molecule has 0 aliphatic heterocycles. The molecule has 0 amide bonds. The summed E-state index contributed by atoms with van der Waals surface area (Å²) in [6.07, 6.45) is -4.81. The molecule has 2 rings (SSSR count). The maximum Gasteiger partial charge on any atom is 0.416 e. The minimum atomic E-state index is -4.38. The van der Waals surface area contributed by atoms with Crippen molar-refractivity contribution in [1.82, 2.24) is 0 Å². The molecule has 0 spiro atoms. The maximum absolute atomic E-state index is 12.6. The van der Waals surface area contributed by atoms with Gasteiger partial charge in [0.25, 0.3) is 0 Å². The van der Waals surface area contributed by atoms with Crippen LogP contribution in [0.25, 0.3) is 0 Å². The van der Waals surface area contributed by atoms with Gasteiger partial charge in [0.15, 0.2) is 0 Å². The number of alkyl halides is 3. The van der Waals surface area contributed by atoms with Crippen molar-refractivity contribution in [2.24, 2.45) is 5.73 Å². The molecule has 0 aliphatic rings. The first-order valence-electron chi connectivity index (χ1n) is 6.00. The molecule has 6 heteroatoms. The van der Waals surface area contributed by atoms with Gasteiger partial charge in [-0.15, -0.1) is 11.3 Å². The zero-order chi connectivity index (χ0) is 14.8. The molecule has 2 N–H and O–H groups in total. The average molecular weight is 301 g/mol. The molecule has 1 heterocycles. The molecular formula is C14H14F3NOS. The Hall–Kier alpha value is -1.53. The molecule has 2 nitrogen and oxygen atoms in total. The first-order valence-corrected chi connectivity index (χ1v) is 6.82. The minimum absolute atomic E-state index is 0.168.